The van der Waals surface area contributed by atoms with Gasteiger partial charge in [0, 0.05) is 9.90 Å². The van der Waals surface area contributed by atoms with E-state index < -0.39 is 11.9 Å². The van der Waals surface area contributed by atoms with Gasteiger partial charge < -0.3 is 10.1 Å². The van der Waals surface area contributed by atoms with Crippen molar-refractivity contribution in [1.82, 2.24) is 0 Å². The Hall–Kier alpha value is -1.56. The van der Waals surface area contributed by atoms with E-state index in [0.717, 1.165) is 29.7 Å². The van der Waals surface area contributed by atoms with Crippen molar-refractivity contribution in [3.8, 4) is 0 Å². The first-order valence-electron chi connectivity index (χ1n) is 7.00. The van der Waals surface area contributed by atoms with Gasteiger partial charge in [0.15, 0.2) is 0 Å². The van der Waals surface area contributed by atoms with E-state index in [-0.39, 0.29) is 5.56 Å². The minimum Gasteiger partial charge on any atom is -0.465 e. The Morgan fingerprint density at radius 1 is 1.26 bits per heavy atom. The number of hydrogen-bond acceptors (Lipinski definition) is 4. The zero-order valence-corrected chi connectivity index (χ0v) is 14.6. The molecule has 120 valence electrons. The molecular weight excluding hydrogens is 357 g/mol. The van der Waals surface area contributed by atoms with Crippen LogP contribution in [0.15, 0.2) is 18.2 Å². The van der Waals surface area contributed by atoms with E-state index in [9.17, 15) is 9.59 Å². The molecule has 0 saturated heterocycles. The monoisotopic (exact) mass is 369 g/mol. The molecule has 3 rings (SSSR count). The second-order valence-corrected chi connectivity index (χ2v) is 7.08. The summed E-state index contributed by atoms with van der Waals surface area (Å²) >= 11 is 13.4. The Bertz CT molecular complexity index is 801. The molecule has 1 amide bonds. The number of amides is 1. The molecule has 23 heavy (non-hydrogen) atoms. The molecule has 1 aliphatic carbocycles. The van der Waals surface area contributed by atoms with Crippen LogP contribution >= 0.6 is 34.5 Å². The smallest absolute Gasteiger partial charge is 0.341 e. The number of benzene rings is 1. The van der Waals surface area contributed by atoms with Crippen molar-refractivity contribution in [3.63, 3.8) is 0 Å². The van der Waals surface area contributed by atoms with Gasteiger partial charge in [-0.3, -0.25) is 4.79 Å². The van der Waals surface area contributed by atoms with E-state index in [2.05, 4.69) is 5.32 Å². The second-order valence-electron chi connectivity index (χ2n) is 5.13. The van der Waals surface area contributed by atoms with E-state index in [1.54, 1.807) is 12.1 Å². The molecule has 7 heteroatoms. The minimum absolute atomic E-state index is 0.267. The van der Waals surface area contributed by atoms with E-state index in [1.807, 2.05) is 0 Å². The van der Waals surface area contributed by atoms with Gasteiger partial charge in [-0.05, 0) is 43.0 Å². The molecule has 0 spiro atoms. The molecule has 0 fully saturated rings. The Morgan fingerprint density at radius 3 is 2.78 bits per heavy atom. The van der Waals surface area contributed by atoms with E-state index >= 15 is 0 Å². The maximum absolute atomic E-state index is 12.5. The van der Waals surface area contributed by atoms with Gasteiger partial charge in [0.25, 0.3) is 5.91 Å². The largest absolute Gasteiger partial charge is 0.465 e. The van der Waals surface area contributed by atoms with Crippen LogP contribution in [0.5, 0.6) is 0 Å². The third-order valence-corrected chi connectivity index (χ3v) is 5.48. The van der Waals surface area contributed by atoms with Crippen molar-refractivity contribution < 1.29 is 14.3 Å². The van der Waals surface area contributed by atoms with Gasteiger partial charge in [-0.1, -0.05) is 23.2 Å². The summed E-state index contributed by atoms with van der Waals surface area (Å²) in [6.45, 7) is 0. The van der Waals surface area contributed by atoms with Crippen LogP contribution in [0.25, 0.3) is 0 Å². The van der Waals surface area contributed by atoms with Crippen molar-refractivity contribution in [2.45, 2.75) is 19.3 Å². The van der Waals surface area contributed by atoms with Crippen LogP contribution in [0.1, 0.15) is 37.6 Å². The Labute approximate surface area is 147 Å². The third-order valence-electron chi connectivity index (χ3n) is 3.71. The number of rotatable bonds is 3. The minimum atomic E-state index is -0.433. The molecule has 0 aliphatic heterocycles. The fourth-order valence-electron chi connectivity index (χ4n) is 2.65. The van der Waals surface area contributed by atoms with Crippen molar-refractivity contribution in [1.29, 1.82) is 0 Å². The van der Waals surface area contributed by atoms with Crippen molar-refractivity contribution in [2.75, 3.05) is 12.4 Å². The van der Waals surface area contributed by atoms with E-state index in [0.29, 0.717) is 20.6 Å². The SMILES string of the molecule is COC(=O)c1c(NC(=O)c2cc(Cl)ccc2Cl)sc2c1CCC2. The molecule has 0 radical (unpaired) electrons. The summed E-state index contributed by atoms with van der Waals surface area (Å²) in [5.74, 6) is -0.834. The standard InChI is InChI=1S/C16H13Cl2NO3S/c1-22-16(21)13-9-3-2-4-12(9)23-15(13)19-14(20)10-7-8(17)5-6-11(10)18/h5-7H,2-4H2,1H3,(H,19,20). The van der Waals surface area contributed by atoms with Crippen LogP contribution in [-0.4, -0.2) is 19.0 Å². The molecular formula is C16H13Cl2NO3S. The maximum atomic E-state index is 12.5. The first kappa shape index (κ1) is 16.3. The Morgan fingerprint density at radius 2 is 2.04 bits per heavy atom. The number of thiophene rings is 1. The lowest BCUT2D eigenvalue weighted by Crippen LogP contribution is -2.15. The molecule has 1 aliphatic rings. The quantitative estimate of drug-likeness (QED) is 0.805. The second kappa shape index (κ2) is 6.51. The highest BCUT2D eigenvalue weighted by atomic mass is 35.5. The van der Waals surface area contributed by atoms with Gasteiger partial charge in [0.2, 0.25) is 0 Å². The fourth-order valence-corrected chi connectivity index (χ4v) is 4.30. The van der Waals surface area contributed by atoms with Crippen molar-refractivity contribution >= 4 is 51.4 Å². The summed E-state index contributed by atoms with van der Waals surface area (Å²) < 4.78 is 4.86. The third kappa shape index (κ3) is 3.09. The zero-order chi connectivity index (χ0) is 16.6. The van der Waals surface area contributed by atoms with Gasteiger partial charge in [0.1, 0.15) is 5.00 Å². The molecule has 1 heterocycles. The van der Waals surface area contributed by atoms with E-state index in [1.165, 1.54) is 24.5 Å². The number of ether oxygens (including phenoxy) is 1. The number of anilines is 1. The molecule has 0 bridgehead atoms. The lowest BCUT2D eigenvalue weighted by molar-refractivity contribution is 0.0601. The van der Waals surface area contributed by atoms with Gasteiger partial charge in [-0.25, -0.2) is 4.79 Å². The van der Waals surface area contributed by atoms with Crippen LogP contribution in [0, 0.1) is 0 Å². The summed E-state index contributed by atoms with van der Waals surface area (Å²) in [7, 11) is 1.33. The van der Waals surface area contributed by atoms with Gasteiger partial charge in [-0.2, -0.15) is 0 Å². The highest BCUT2D eigenvalue weighted by Gasteiger charge is 2.28. The van der Waals surface area contributed by atoms with Crippen molar-refractivity contribution in [2.24, 2.45) is 0 Å². The molecule has 0 atom stereocenters. The van der Waals surface area contributed by atoms with Gasteiger partial charge >= 0.3 is 5.97 Å². The van der Waals surface area contributed by atoms with Crippen LogP contribution < -0.4 is 5.32 Å². The number of aryl methyl sites for hydroxylation is 1. The molecule has 2 aromatic rings. The molecule has 1 aromatic carbocycles. The van der Waals surface area contributed by atoms with Crippen LogP contribution in [-0.2, 0) is 17.6 Å². The molecule has 0 unspecified atom stereocenters. The number of fused-ring (bicyclic) bond motifs is 1. The number of esters is 1. The number of hydrogen-bond donors (Lipinski definition) is 1. The Kier molecular flexibility index (Phi) is 4.62. The van der Waals surface area contributed by atoms with Gasteiger partial charge in [-0.15, -0.1) is 11.3 Å². The summed E-state index contributed by atoms with van der Waals surface area (Å²) in [4.78, 5) is 25.7. The highest BCUT2D eigenvalue weighted by Crippen LogP contribution is 2.39. The number of methoxy groups -OCH3 is 1. The number of carbonyl (C=O) groups is 2. The number of halogens is 2. The summed E-state index contributed by atoms with van der Waals surface area (Å²) in [6.07, 6.45) is 2.75. The average Bonchev–Trinajstić information content (AvgIpc) is 3.09. The lowest BCUT2D eigenvalue weighted by atomic mass is 10.1. The lowest BCUT2D eigenvalue weighted by Gasteiger charge is -2.08. The summed E-state index contributed by atoms with van der Waals surface area (Å²) in [5.41, 5.74) is 1.70. The topological polar surface area (TPSA) is 55.4 Å². The van der Waals surface area contributed by atoms with E-state index in [4.69, 9.17) is 27.9 Å². The van der Waals surface area contributed by atoms with Crippen molar-refractivity contribution in [3.05, 3.63) is 49.8 Å². The van der Waals surface area contributed by atoms with Gasteiger partial charge in [0.05, 0.1) is 23.3 Å². The molecule has 1 aromatic heterocycles. The summed E-state index contributed by atoms with van der Waals surface area (Å²) in [5, 5.41) is 4.00. The average molecular weight is 370 g/mol. The maximum Gasteiger partial charge on any atom is 0.341 e. The normalized spacial score (nSPS) is 12.8. The highest BCUT2D eigenvalue weighted by molar-refractivity contribution is 7.17. The fraction of sp³-hybridized carbons (Fsp3) is 0.250. The summed E-state index contributed by atoms with van der Waals surface area (Å²) in [6, 6.07) is 4.67. The first-order valence-corrected chi connectivity index (χ1v) is 8.57. The van der Waals surface area contributed by atoms with Crippen LogP contribution in [0.2, 0.25) is 10.0 Å². The van der Waals surface area contributed by atoms with Crippen LogP contribution in [0.3, 0.4) is 0 Å². The zero-order valence-electron chi connectivity index (χ0n) is 12.2. The predicted octanol–water partition coefficient (Wildman–Crippen LogP) is 4.58. The predicted molar refractivity (Wildman–Crippen MR) is 92.1 cm³/mol. The van der Waals surface area contributed by atoms with Crippen LogP contribution in [0.4, 0.5) is 5.00 Å². The molecule has 1 N–H and O–H groups in total. The Balaban J connectivity index is 1.95. The number of carbonyl (C=O) groups excluding carboxylic acids is 2. The number of nitrogens with one attached hydrogen (secondary N) is 1. The first-order chi connectivity index (χ1) is 11.0. The molecule has 4 nitrogen and oxygen atoms in total. The molecule has 0 saturated carbocycles.